The van der Waals surface area contributed by atoms with Crippen molar-refractivity contribution >= 4 is 40.4 Å². The van der Waals surface area contributed by atoms with Crippen LogP contribution >= 0.6 is 23.2 Å². The van der Waals surface area contributed by atoms with Crippen LogP contribution in [0.15, 0.2) is 18.3 Å². The standard InChI is InChI=1S/C11H9Cl2N2O/c12-8-1-2-9(13)11-10(8)6(4-15-11)3-7(14)5-16/h1-2,4,7,15H,3,14H2/t7-/m0/s1. The van der Waals surface area contributed by atoms with Crippen LogP contribution in [-0.4, -0.2) is 17.3 Å². The first-order valence-corrected chi connectivity index (χ1v) is 5.46. The Morgan fingerprint density at radius 3 is 2.75 bits per heavy atom. The molecule has 1 atom stereocenters. The van der Waals surface area contributed by atoms with Crippen LogP contribution in [0.3, 0.4) is 0 Å². The molecule has 0 saturated carbocycles. The number of hydrogen-bond acceptors (Lipinski definition) is 2. The molecule has 1 heterocycles. The predicted molar refractivity (Wildman–Crippen MR) is 65.7 cm³/mol. The van der Waals surface area contributed by atoms with Gasteiger partial charge in [-0.1, -0.05) is 23.2 Å². The minimum atomic E-state index is -0.644. The van der Waals surface area contributed by atoms with Gasteiger partial charge in [-0.3, -0.25) is 4.79 Å². The molecule has 0 bridgehead atoms. The summed E-state index contributed by atoms with van der Waals surface area (Å²) < 4.78 is 0. The van der Waals surface area contributed by atoms with Crippen LogP contribution in [0.1, 0.15) is 5.56 Å². The van der Waals surface area contributed by atoms with E-state index in [0.717, 1.165) is 16.5 Å². The van der Waals surface area contributed by atoms with Gasteiger partial charge in [-0.05, 0) is 24.1 Å². The van der Waals surface area contributed by atoms with Crippen LogP contribution in [-0.2, 0) is 11.2 Å². The fourth-order valence-electron chi connectivity index (χ4n) is 1.68. The molecule has 0 saturated heterocycles. The monoisotopic (exact) mass is 255 g/mol. The Kier molecular flexibility index (Phi) is 3.19. The minimum Gasteiger partial charge on any atom is -0.360 e. The zero-order valence-electron chi connectivity index (χ0n) is 8.26. The van der Waals surface area contributed by atoms with Crippen molar-refractivity contribution in [3.05, 3.63) is 33.9 Å². The quantitative estimate of drug-likeness (QED) is 0.886. The van der Waals surface area contributed by atoms with E-state index < -0.39 is 6.04 Å². The maximum atomic E-state index is 10.4. The molecular weight excluding hydrogens is 247 g/mol. The lowest BCUT2D eigenvalue weighted by Gasteiger charge is -2.03. The first-order chi connectivity index (χ1) is 7.63. The Balaban J connectivity index is 2.55. The SMILES string of the molecule is N[C@H]([C]=O)Cc1c[nH]c2c(Cl)ccc(Cl)c12. The number of carbonyl (C=O) groups excluding carboxylic acids is 1. The Bertz CT molecular complexity index is 536. The third-order valence-corrected chi connectivity index (χ3v) is 3.04. The molecule has 3 N–H and O–H groups in total. The van der Waals surface area contributed by atoms with E-state index in [1.807, 2.05) is 0 Å². The van der Waals surface area contributed by atoms with Gasteiger partial charge in [0.05, 0.1) is 21.6 Å². The first-order valence-electron chi connectivity index (χ1n) is 4.70. The normalized spacial score (nSPS) is 12.9. The van der Waals surface area contributed by atoms with Crippen molar-refractivity contribution < 1.29 is 4.79 Å². The highest BCUT2D eigenvalue weighted by molar-refractivity contribution is 6.40. The molecule has 2 rings (SSSR count). The van der Waals surface area contributed by atoms with E-state index >= 15 is 0 Å². The summed E-state index contributed by atoms with van der Waals surface area (Å²) in [5.74, 6) is 0. The van der Waals surface area contributed by atoms with Crippen molar-refractivity contribution in [2.75, 3.05) is 0 Å². The third-order valence-electron chi connectivity index (χ3n) is 2.41. The lowest BCUT2D eigenvalue weighted by atomic mass is 10.1. The molecule has 0 fully saturated rings. The van der Waals surface area contributed by atoms with Gasteiger partial charge in [0.25, 0.3) is 0 Å². The van der Waals surface area contributed by atoms with Crippen LogP contribution in [0.25, 0.3) is 10.9 Å². The second-order valence-corrected chi connectivity index (χ2v) is 4.34. The highest BCUT2D eigenvalue weighted by Gasteiger charge is 2.13. The number of rotatable bonds is 3. The Hall–Kier alpha value is -1.03. The number of nitrogens with one attached hydrogen (secondary N) is 1. The van der Waals surface area contributed by atoms with Crippen LogP contribution in [0, 0.1) is 0 Å². The number of benzene rings is 1. The maximum absolute atomic E-state index is 10.4. The molecule has 5 heteroatoms. The van der Waals surface area contributed by atoms with Gasteiger partial charge in [-0.2, -0.15) is 0 Å². The average Bonchev–Trinajstić information content (AvgIpc) is 2.68. The van der Waals surface area contributed by atoms with Gasteiger partial charge in [-0.25, -0.2) is 0 Å². The summed E-state index contributed by atoms with van der Waals surface area (Å²) in [6.45, 7) is 0. The second kappa shape index (κ2) is 4.45. The van der Waals surface area contributed by atoms with Gasteiger partial charge in [0.15, 0.2) is 0 Å². The Labute approximate surface area is 103 Å². The van der Waals surface area contributed by atoms with Crippen LogP contribution < -0.4 is 5.73 Å². The summed E-state index contributed by atoms with van der Waals surface area (Å²) in [6.07, 6.45) is 3.90. The van der Waals surface area contributed by atoms with Gasteiger partial charge >= 0.3 is 0 Å². The fraction of sp³-hybridized carbons (Fsp3) is 0.182. The van der Waals surface area contributed by atoms with Crippen LogP contribution in [0.4, 0.5) is 0 Å². The summed E-state index contributed by atoms with van der Waals surface area (Å²) in [6, 6.07) is 2.80. The van der Waals surface area contributed by atoms with Gasteiger partial charge in [0, 0.05) is 11.6 Å². The topological polar surface area (TPSA) is 58.9 Å². The molecule has 16 heavy (non-hydrogen) atoms. The van der Waals surface area contributed by atoms with E-state index in [1.54, 1.807) is 24.6 Å². The molecule has 0 spiro atoms. The lowest BCUT2D eigenvalue weighted by molar-refractivity contribution is 0.541. The van der Waals surface area contributed by atoms with E-state index in [4.69, 9.17) is 28.9 Å². The second-order valence-electron chi connectivity index (χ2n) is 3.52. The van der Waals surface area contributed by atoms with E-state index in [1.165, 1.54) is 0 Å². The largest absolute Gasteiger partial charge is 0.360 e. The van der Waals surface area contributed by atoms with E-state index in [0.29, 0.717) is 16.5 Å². The average molecular weight is 256 g/mol. The predicted octanol–water partition coefficient (Wildman–Crippen LogP) is 2.45. The summed E-state index contributed by atoms with van der Waals surface area (Å²) in [4.78, 5) is 13.4. The molecule has 2 aromatic rings. The molecule has 0 aliphatic rings. The molecule has 1 aromatic heterocycles. The fourth-order valence-corrected chi connectivity index (χ4v) is 2.17. The Morgan fingerprint density at radius 2 is 2.06 bits per heavy atom. The molecule has 1 radical (unpaired) electrons. The van der Waals surface area contributed by atoms with Gasteiger partial charge in [0.1, 0.15) is 0 Å². The molecule has 0 unspecified atom stereocenters. The molecular formula is C11H9Cl2N2O. The molecule has 0 amide bonds. The number of aromatic amines is 1. The number of hydrogen-bond donors (Lipinski definition) is 2. The molecule has 0 aliphatic heterocycles. The summed E-state index contributed by atoms with van der Waals surface area (Å²) in [5.41, 5.74) is 7.17. The van der Waals surface area contributed by atoms with Crippen LogP contribution in [0.2, 0.25) is 10.0 Å². The zero-order chi connectivity index (χ0) is 11.7. The van der Waals surface area contributed by atoms with Gasteiger partial charge in [0.2, 0.25) is 6.29 Å². The summed E-state index contributed by atoms with van der Waals surface area (Å²) in [5, 5.41) is 2.00. The number of nitrogens with two attached hydrogens (primary N) is 1. The number of fused-ring (bicyclic) bond motifs is 1. The smallest absolute Gasteiger partial charge is 0.217 e. The number of aromatic nitrogens is 1. The van der Waals surface area contributed by atoms with Crippen molar-refractivity contribution in [1.29, 1.82) is 0 Å². The van der Waals surface area contributed by atoms with E-state index in [-0.39, 0.29) is 0 Å². The molecule has 0 aliphatic carbocycles. The van der Waals surface area contributed by atoms with Crippen LogP contribution in [0.5, 0.6) is 0 Å². The van der Waals surface area contributed by atoms with E-state index in [9.17, 15) is 4.79 Å². The number of halogens is 2. The minimum absolute atomic E-state index is 0.392. The third kappa shape index (κ3) is 1.94. The first kappa shape index (κ1) is 11.5. The van der Waals surface area contributed by atoms with Gasteiger partial charge < -0.3 is 10.7 Å². The molecule has 83 valence electrons. The van der Waals surface area contributed by atoms with Gasteiger partial charge in [-0.15, -0.1) is 0 Å². The van der Waals surface area contributed by atoms with Crippen molar-refractivity contribution in [2.24, 2.45) is 5.73 Å². The highest BCUT2D eigenvalue weighted by Crippen LogP contribution is 2.32. The van der Waals surface area contributed by atoms with Crippen molar-refractivity contribution in [3.8, 4) is 0 Å². The van der Waals surface area contributed by atoms with Crippen molar-refractivity contribution in [2.45, 2.75) is 12.5 Å². The van der Waals surface area contributed by atoms with Crippen molar-refractivity contribution in [3.63, 3.8) is 0 Å². The van der Waals surface area contributed by atoms with Crippen molar-refractivity contribution in [1.82, 2.24) is 4.98 Å². The lowest BCUT2D eigenvalue weighted by Crippen LogP contribution is -2.23. The molecule has 1 aromatic carbocycles. The molecule has 3 nitrogen and oxygen atoms in total. The van der Waals surface area contributed by atoms with E-state index in [2.05, 4.69) is 4.98 Å². The zero-order valence-corrected chi connectivity index (χ0v) is 9.77. The highest BCUT2D eigenvalue weighted by atomic mass is 35.5. The summed E-state index contributed by atoms with van der Waals surface area (Å²) >= 11 is 12.1. The number of H-pyrrole nitrogens is 1. The Morgan fingerprint density at radius 1 is 1.38 bits per heavy atom. The maximum Gasteiger partial charge on any atom is 0.217 e. The summed E-state index contributed by atoms with van der Waals surface area (Å²) in [7, 11) is 0.